The quantitative estimate of drug-likeness (QED) is 0.404. The van der Waals surface area contributed by atoms with Crippen molar-refractivity contribution in [2.24, 2.45) is 10.9 Å². The van der Waals surface area contributed by atoms with Crippen molar-refractivity contribution in [3.63, 3.8) is 0 Å². The van der Waals surface area contributed by atoms with E-state index in [1.54, 1.807) is 0 Å². The van der Waals surface area contributed by atoms with Crippen LogP contribution in [0.2, 0.25) is 0 Å². The van der Waals surface area contributed by atoms with Gasteiger partial charge in [-0.2, -0.15) is 0 Å². The van der Waals surface area contributed by atoms with Crippen molar-refractivity contribution < 1.29 is 0 Å². The molecule has 0 aromatic heterocycles. The second-order valence-electron chi connectivity index (χ2n) is 6.50. The van der Waals surface area contributed by atoms with Crippen molar-refractivity contribution in [3.8, 4) is 0 Å². The van der Waals surface area contributed by atoms with Gasteiger partial charge in [0, 0.05) is 25.2 Å². The van der Waals surface area contributed by atoms with E-state index in [2.05, 4.69) is 36.4 Å². The Morgan fingerprint density at radius 3 is 2.48 bits per heavy atom. The topological polar surface area (TPSA) is 39.7 Å². The molecule has 2 rings (SSSR count). The Morgan fingerprint density at radius 1 is 1.24 bits per heavy atom. The molecule has 2 aliphatic rings. The van der Waals surface area contributed by atoms with Crippen molar-refractivity contribution in [1.82, 2.24) is 15.5 Å². The van der Waals surface area contributed by atoms with Crippen LogP contribution in [0.15, 0.2) is 4.99 Å². The van der Waals surface area contributed by atoms with Crippen LogP contribution in [0, 0.1) is 5.92 Å². The molecule has 124 valence electrons. The van der Waals surface area contributed by atoms with Crippen molar-refractivity contribution >= 4 is 29.9 Å². The highest BCUT2D eigenvalue weighted by Crippen LogP contribution is 2.28. The van der Waals surface area contributed by atoms with E-state index in [0.717, 1.165) is 37.6 Å². The number of guanidine groups is 1. The van der Waals surface area contributed by atoms with Crippen LogP contribution in [0.3, 0.4) is 0 Å². The van der Waals surface area contributed by atoms with E-state index in [0.29, 0.717) is 6.04 Å². The zero-order valence-electron chi connectivity index (χ0n) is 13.9. The van der Waals surface area contributed by atoms with Gasteiger partial charge in [-0.15, -0.1) is 24.0 Å². The fraction of sp³-hybridized carbons (Fsp3) is 0.938. The van der Waals surface area contributed by atoms with Gasteiger partial charge in [0.2, 0.25) is 0 Å². The van der Waals surface area contributed by atoms with Gasteiger partial charge in [-0.3, -0.25) is 4.99 Å². The number of nitrogens with zero attached hydrogens (tertiary/aromatic N) is 2. The molecule has 0 aromatic carbocycles. The van der Waals surface area contributed by atoms with Gasteiger partial charge in [-0.05, 0) is 39.2 Å². The van der Waals surface area contributed by atoms with Crippen LogP contribution >= 0.6 is 24.0 Å². The van der Waals surface area contributed by atoms with E-state index in [1.807, 2.05) is 0 Å². The van der Waals surface area contributed by atoms with E-state index in [4.69, 9.17) is 4.99 Å². The smallest absolute Gasteiger partial charge is 0.191 e. The maximum atomic E-state index is 4.72. The summed E-state index contributed by atoms with van der Waals surface area (Å²) < 4.78 is 0. The molecule has 0 bridgehead atoms. The number of rotatable bonds is 6. The third-order valence-electron chi connectivity index (χ3n) is 4.70. The number of halogens is 1. The molecule has 0 radical (unpaired) electrons. The highest BCUT2D eigenvalue weighted by atomic mass is 127. The third kappa shape index (κ3) is 6.72. The molecular weight excluding hydrogens is 375 g/mol. The fourth-order valence-corrected chi connectivity index (χ4v) is 3.04. The summed E-state index contributed by atoms with van der Waals surface area (Å²) >= 11 is 0. The maximum Gasteiger partial charge on any atom is 0.191 e. The van der Waals surface area contributed by atoms with E-state index in [9.17, 15) is 0 Å². The first-order chi connectivity index (χ1) is 9.70. The first-order valence-electron chi connectivity index (χ1n) is 8.45. The van der Waals surface area contributed by atoms with Crippen LogP contribution in [0.1, 0.15) is 52.4 Å². The summed E-state index contributed by atoms with van der Waals surface area (Å²) in [6, 6.07) is 1.43. The molecule has 2 fully saturated rings. The van der Waals surface area contributed by atoms with Crippen molar-refractivity contribution in [1.29, 1.82) is 0 Å². The number of hydrogen-bond donors (Lipinski definition) is 2. The minimum atomic E-state index is 0. The minimum Gasteiger partial charge on any atom is -0.357 e. The number of nitrogens with one attached hydrogen (secondary N) is 2. The first kappa shape index (κ1) is 19.0. The van der Waals surface area contributed by atoms with Gasteiger partial charge in [0.25, 0.3) is 0 Å². The maximum absolute atomic E-state index is 4.72. The Balaban J connectivity index is 0.00000220. The highest BCUT2D eigenvalue weighted by Gasteiger charge is 2.33. The lowest BCUT2D eigenvalue weighted by molar-refractivity contribution is 0.196. The van der Waals surface area contributed by atoms with Gasteiger partial charge in [-0.25, -0.2) is 0 Å². The van der Waals surface area contributed by atoms with E-state index in [-0.39, 0.29) is 24.0 Å². The molecule has 0 amide bonds. The Hall–Kier alpha value is -0.0400. The average molecular weight is 408 g/mol. The molecule has 4 nitrogen and oxygen atoms in total. The fourth-order valence-electron chi connectivity index (χ4n) is 3.04. The Bertz CT molecular complexity index is 315. The summed E-state index contributed by atoms with van der Waals surface area (Å²) in [5.41, 5.74) is 0. The monoisotopic (exact) mass is 408 g/mol. The number of aliphatic imine (C=N–C) groups is 1. The zero-order valence-corrected chi connectivity index (χ0v) is 16.2. The van der Waals surface area contributed by atoms with Crippen LogP contribution in [0.4, 0.5) is 0 Å². The standard InChI is InChI=1S/C16H32N4.HI/c1-4-17-16(19-15-12-13(15)2)18-10-11-20(3)14-8-6-5-7-9-14;/h13-15H,4-12H2,1-3H3,(H2,17,18,19);1H. The van der Waals surface area contributed by atoms with Gasteiger partial charge in [0.05, 0.1) is 6.54 Å². The molecule has 2 saturated carbocycles. The zero-order chi connectivity index (χ0) is 14.4. The molecular formula is C16H33IN4. The number of hydrogen-bond acceptors (Lipinski definition) is 2. The van der Waals surface area contributed by atoms with Crippen LogP contribution in [-0.4, -0.2) is 49.6 Å². The Kier molecular flexibility index (Phi) is 8.94. The summed E-state index contributed by atoms with van der Waals surface area (Å²) in [6.07, 6.45) is 8.27. The molecule has 2 N–H and O–H groups in total. The minimum absolute atomic E-state index is 0. The molecule has 0 spiro atoms. The molecule has 0 aliphatic heterocycles. The van der Waals surface area contributed by atoms with Crippen molar-refractivity contribution in [2.45, 2.75) is 64.5 Å². The predicted octanol–water partition coefficient (Wildman–Crippen LogP) is 2.83. The lowest BCUT2D eigenvalue weighted by Gasteiger charge is -2.30. The average Bonchev–Trinajstić information content (AvgIpc) is 3.15. The third-order valence-corrected chi connectivity index (χ3v) is 4.70. The SMILES string of the molecule is CCNC(=NCCN(C)C1CCCCC1)NC1CC1C.I. The summed E-state index contributed by atoms with van der Waals surface area (Å²) in [5.74, 6) is 1.81. The van der Waals surface area contributed by atoms with Crippen LogP contribution in [0.5, 0.6) is 0 Å². The highest BCUT2D eigenvalue weighted by molar-refractivity contribution is 14.0. The molecule has 21 heavy (non-hydrogen) atoms. The molecule has 0 heterocycles. The van der Waals surface area contributed by atoms with Gasteiger partial charge in [0.15, 0.2) is 5.96 Å². The van der Waals surface area contributed by atoms with Gasteiger partial charge >= 0.3 is 0 Å². The van der Waals surface area contributed by atoms with Crippen molar-refractivity contribution in [2.75, 3.05) is 26.7 Å². The Morgan fingerprint density at radius 2 is 1.90 bits per heavy atom. The van der Waals surface area contributed by atoms with E-state index >= 15 is 0 Å². The first-order valence-corrected chi connectivity index (χ1v) is 8.45. The van der Waals surface area contributed by atoms with Gasteiger partial charge in [-0.1, -0.05) is 26.2 Å². The van der Waals surface area contributed by atoms with Crippen LogP contribution in [0.25, 0.3) is 0 Å². The van der Waals surface area contributed by atoms with E-state index in [1.165, 1.54) is 38.5 Å². The largest absolute Gasteiger partial charge is 0.357 e. The van der Waals surface area contributed by atoms with Crippen LogP contribution < -0.4 is 10.6 Å². The second-order valence-corrected chi connectivity index (χ2v) is 6.50. The molecule has 2 aliphatic carbocycles. The van der Waals surface area contributed by atoms with E-state index < -0.39 is 0 Å². The predicted molar refractivity (Wildman–Crippen MR) is 102 cm³/mol. The van der Waals surface area contributed by atoms with Crippen molar-refractivity contribution in [3.05, 3.63) is 0 Å². The Labute approximate surface area is 147 Å². The summed E-state index contributed by atoms with van der Waals surface area (Å²) in [6.45, 7) is 7.32. The summed E-state index contributed by atoms with van der Waals surface area (Å²) in [5, 5.41) is 6.86. The molecule has 0 saturated heterocycles. The normalized spacial score (nSPS) is 26.4. The number of likely N-dealkylation sites (N-methyl/N-ethyl adjacent to an activating group) is 1. The second kappa shape index (κ2) is 9.87. The van der Waals surface area contributed by atoms with Gasteiger partial charge in [0.1, 0.15) is 0 Å². The molecule has 5 heteroatoms. The van der Waals surface area contributed by atoms with Gasteiger partial charge < -0.3 is 15.5 Å². The lowest BCUT2D eigenvalue weighted by atomic mass is 9.94. The summed E-state index contributed by atoms with van der Waals surface area (Å²) in [7, 11) is 2.26. The lowest BCUT2D eigenvalue weighted by Crippen LogP contribution is -2.40. The summed E-state index contributed by atoms with van der Waals surface area (Å²) in [4.78, 5) is 7.22. The molecule has 2 atom stereocenters. The molecule has 2 unspecified atom stereocenters. The molecule has 0 aromatic rings. The van der Waals surface area contributed by atoms with Crippen LogP contribution in [-0.2, 0) is 0 Å².